The van der Waals surface area contributed by atoms with Crippen molar-refractivity contribution in [3.63, 3.8) is 0 Å². The molecule has 0 spiro atoms. The third kappa shape index (κ3) is 4.84. The third-order valence-electron chi connectivity index (χ3n) is 7.48. The standard InChI is InChI=1S/C20H37FN6O/c21-17-4-1-14(2-5-17)19-16(12-24-25-19)13-26-7-9-27(10-8-26)18-6-3-15(11-23-18)20(22)28/h14-19,23-25H,1-13H2,(H2,22,28). The zero-order valence-electron chi connectivity index (χ0n) is 16.9. The first-order valence-electron chi connectivity index (χ1n) is 11.2. The summed E-state index contributed by atoms with van der Waals surface area (Å²) in [6.45, 7) is 7.18. The molecule has 1 amide bonds. The van der Waals surface area contributed by atoms with E-state index in [0.717, 1.165) is 77.8 Å². The van der Waals surface area contributed by atoms with Gasteiger partial charge in [-0.05, 0) is 44.4 Å². The number of nitrogens with two attached hydrogens (primary N) is 1. The summed E-state index contributed by atoms with van der Waals surface area (Å²) >= 11 is 0. The molecular formula is C20H37FN6O. The number of hydrogen-bond acceptors (Lipinski definition) is 6. The lowest BCUT2D eigenvalue weighted by Crippen LogP contribution is -2.58. The first-order chi connectivity index (χ1) is 13.6. The Labute approximate surface area is 167 Å². The van der Waals surface area contributed by atoms with Crippen LogP contribution in [0.3, 0.4) is 0 Å². The van der Waals surface area contributed by atoms with Crippen LogP contribution in [-0.4, -0.2) is 79.9 Å². The highest BCUT2D eigenvalue weighted by Crippen LogP contribution is 2.32. The molecule has 28 heavy (non-hydrogen) atoms. The van der Waals surface area contributed by atoms with Gasteiger partial charge in [-0.1, -0.05) is 0 Å². The van der Waals surface area contributed by atoms with Gasteiger partial charge < -0.3 is 16.0 Å². The van der Waals surface area contributed by atoms with Crippen molar-refractivity contribution >= 4 is 5.91 Å². The topological polar surface area (TPSA) is 85.7 Å². The van der Waals surface area contributed by atoms with E-state index in [1.807, 2.05) is 0 Å². The number of amides is 1. The molecule has 0 aromatic rings. The van der Waals surface area contributed by atoms with E-state index in [1.165, 1.54) is 0 Å². The zero-order valence-corrected chi connectivity index (χ0v) is 16.9. The fourth-order valence-corrected chi connectivity index (χ4v) is 5.66. The van der Waals surface area contributed by atoms with Crippen LogP contribution in [0.25, 0.3) is 0 Å². The first-order valence-corrected chi connectivity index (χ1v) is 11.2. The monoisotopic (exact) mass is 396 g/mol. The maximum Gasteiger partial charge on any atom is 0.221 e. The minimum absolute atomic E-state index is 0.00991. The van der Waals surface area contributed by atoms with Gasteiger partial charge >= 0.3 is 0 Å². The summed E-state index contributed by atoms with van der Waals surface area (Å²) in [5.41, 5.74) is 12.3. The molecule has 4 atom stereocenters. The number of piperazine rings is 1. The van der Waals surface area contributed by atoms with E-state index in [9.17, 15) is 9.18 Å². The van der Waals surface area contributed by atoms with E-state index in [-0.39, 0.29) is 11.8 Å². The van der Waals surface area contributed by atoms with E-state index in [4.69, 9.17) is 5.73 Å². The van der Waals surface area contributed by atoms with Crippen LogP contribution in [0, 0.1) is 17.8 Å². The molecule has 3 aliphatic heterocycles. The largest absolute Gasteiger partial charge is 0.369 e. The molecular weight excluding hydrogens is 359 g/mol. The fraction of sp³-hybridized carbons (Fsp3) is 0.950. The number of hydrazine groups is 1. The van der Waals surface area contributed by atoms with Gasteiger partial charge in [-0.15, -0.1) is 0 Å². The predicted octanol–water partition coefficient (Wildman–Crippen LogP) is 0.0359. The highest BCUT2D eigenvalue weighted by atomic mass is 19.1. The number of carbonyl (C=O) groups excluding carboxylic acids is 1. The second-order valence-electron chi connectivity index (χ2n) is 9.26. The highest BCUT2D eigenvalue weighted by Gasteiger charge is 2.37. The molecule has 1 saturated carbocycles. The second-order valence-corrected chi connectivity index (χ2v) is 9.26. The summed E-state index contributed by atoms with van der Waals surface area (Å²) in [4.78, 5) is 16.5. The normalized spacial score (nSPS) is 41.2. The summed E-state index contributed by atoms with van der Waals surface area (Å²) in [7, 11) is 0. The second kappa shape index (κ2) is 9.34. The van der Waals surface area contributed by atoms with Crippen molar-refractivity contribution in [3.05, 3.63) is 0 Å². The Bertz CT molecular complexity index is 513. The number of primary amides is 1. The van der Waals surface area contributed by atoms with Crippen LogP contribution in [-0.2, 0) is 4.79 Å². The van der Waals surface area contributed by atoms with Gasteiger partial charge in [0.1, 0.15) is 6.17 Å². The van der Waals surface area contributed by atoms with E-state index < -0.39 is 6.17 Å². The van der Waals surface area contributed by atoms with Crippen molar-refractivity contribution in [3.8, 4) is 0 Å². The van der Waals surface area contributed by atoms with Crippen LogP contribution in [0.2, 0.25) is 0 Å². The lowest BCUT2D eigenvalue weighted by atomic mass is 9.79. The number of hydrogen-bond donors (Lipinski definition) is 4. The molecule has 5 N–H and O–H groups in total. The molecule has 4 aliphatic rings. The summed E-state index contributed by atoms with van der Waals surface area (Å²) in [6.07, 6.45) is 5.21. The molecule has 8 heteroatoms. The number of halogens is 1. The van der Waals surface area contributed by atoms with Gasteiger partial charge in [-0.25, -0.2) is 4.39 Å². The van der Waals surface area contributed by atoms with Crippen LogP contribution in [0.15, 0.2) is 0 Å². The van der Waals surface area contributed by atoms with Crippen molar-refractivity contribution in [1.82, 2.24) is 26.0 Å². The molecule has 7 nitrogen and oxygen atoms in total. The van der Waals surface area contributed by atoms with Gasteiger partial charge in [0.25, 0.3) is 0 Å². The molecule has 3 saturated heterocycles. The molecule has 4 unspecified atom stereocenters. The average Bonchev–Trinajstić information content (AvgIpc) is 3.17. The van der Waals surface area contributed by atoms with Crippen molar-refractivity contribution in [2.45, 2.75) is 56.9 Å². The van der Waals surface area contributed by atoms with Gasteiger partial charge in [-0.3, -0.25) is 20.5 Å². The third-order valence-corrected chi connectivity index (χ3v) is 7.48. The Kier molecular flexibility index (Phi) is 6.83. The Hall–Kier alpha value is -0.800. The molecule has 1 aliphatic carbocycles. The molecule has 0 bridgehead atoms. The maximum atomic E-state index is 13.5. The van der Waals surface area contributed by atoms with E-state index in [1.54, 1.807) is 0 Å². The lowest BCUT2D eigenvalue weighted by Gasteiger charge is -2.43. The minimum Gasteiger partial charge on any atom is -0.369 e. The number of carbonyl (C=O) groups is 1. The van der Waals surface area contributed by atoms with Crippen molar-refractivity contribution < 1.29 is 9.18 Å². The van der Waals surface area contributed by atoms with Crippen LogP contribution >= 0.6 is 0 Å². The minimum atomic E-state index is -0.580. The van der Waals surface area contributed by atoms with Gasteiger partial charge in [0.05, 0.1) is 12.1 Å². The van der Waals surface area contributed by atoms with E-state index in [0.29, 0.717) is 30.6 Å². The van der Waals surface area contributed by atoms with Crippen LogP contribution < -0.4 is 21.9 Å². The highest BCUT2D eigenvalue weighted by molar-refractivity contribution is 5.76. The number of alkyl halides is 1. The van der Waals surface area contributed by atoms with Crippen LogP contribution in [0.4, 0.5) is 4.39 Å². The molecule has 0 aromatic carbocycles. The number of rotatable bonds is 5. The Morgan fingerprint density at radius 1 is 1.00 bits per heavy atom. The predicted molar refractivity (Wildman–Crippen MR) is 107 cm³/mol. The van der Waals surface area contributed by atoms with E-state index >= 15 is 0 Å². The van der Waals surface area contributed by atoms with Crippen LogP contribution in [0.5, 0.6) is 0 Å². The molecule has 0 aromatic heterocycles. The van der Waals surface area contributed by atoms with Gasteiger partial charge in [-0.2, -0.15) is 0 Å². The summed E-state index contributed by atoms with van der Waals surface area (Å²) < 4.78 is 13.5. The van der Waals surface area contributed by atoms with Gasteiger partial charge in [0, 0.05) is 57.8 Å². The van der Waals surface area contributed by atoms with E-state index in [2.05, 4.69) is 26.0 Å². The summed E-state index contributed by atoms with van der Waals surface area (Å²) in [5.74, 6) is 1.03. The zero-order chi connectivity index (χ0) is 19.5. The van der Waals surface area contributed by atoms with Crippen molar-refractivity contribution in [2.75, 3.05) is 45.8 Å². The number of nitrogens with zero attached hydrogens (tertiary/aromatic N) is 2. The SMILES string of the molecule is NC(=O)C1CCC(N2CCN(CC3CNNC3C3CCC(F)CC3)CC2)NC1. The maximum absolute atomic E-state index is 13.5. The molecule has 3 heterocycles. The fourth-order valence-electron chi connectivity index (χ4n) is 5.66. The Morgan fingerprint density at radius 3 is 2.39 bits per heavy atom. The van der Waals surface area contributed by atoms with Crippen molar-refractivity contribution in [2.24, 2.45) is 23.5 Å². The van der Waals surface area contributed by atoms with Gasteiger partial charge in [0.2, 0.25) is 5.91 Å². The summed E-state index contributed by atoms with van der Waals surface area (Å²) in [6, 6.07) is 0.483. The van der Waals surface area contributed by atoms with Crippen molar-refractivity contribution in [1.29, 1.82) is 0 Å². The number of piperidine rings is 1. The molecule has 4 fully saturated rings. The summed E-state index contributed by atoms with van der Waals surface area (Å²) in [5, 5.41) is 3.52. The molecule has 160 valence electrons. The van der Waals surface area contributed by atoms with Crippen LogP contribution in [0.1, 0.15) is 38.5 Å². The quantitative estimate of drug-likeness (QED) is 0.525. The average molecular weight is 397 g/mol. The smallest absolute Gasteiger partial charge is 0.221 e. The Balaban J connectivity index is 1.20. The molecule has 0 radical (unpaired) electrons. The molecule has 4 rings (SSSR count). The lowest BCUT2D eigenvalue weighted by molar-refractivity contribution is -0.122. The van der Waals surface area contributed by atoms with Gasteiger partial charge in [0.15, 0.2) is 0 Å². The number of nitrogens with one attached hydrogen (secondary N) is 3. The first kappa shape index (κ1) is 20.5. The Morgan fingerprint density at radius 2 is 1.75 bits per heavy atom.